The fourth-order valence-electron chi connectivity index (χ4n) is 1.22. The van der Waals surface area contributed by atoms with Crippen LogP contribution in [-0.4, -0.2) is 18.2 Å². The van der Waals surface area contributed by atoms with E-state index in [1.807, 2.05) is 25.1 Å². The summed E-state index contributed by atoms with van der Waals surface area (Å²) in [5.41, 5.74) is 2.16. The maximum Gasteiger partial charge on any atom is 0.147 e. The summed E-state index contributed by atoms with van der Waals surface area (Å²) in [4.78, 5) is 11.2. The first-order chi connectivity index (χ1) is 6.67. The van der Waals surface area contributed by atoms with Crippen molar-refractivity contribution in [2.75, 3.05) is 12.4 Å². The van der Waals surface area contributed by atoms with Crippen molar-refractivity contribution in [2.45, 2.75) is 13.3 Å². The molecule has 0 aliphatic heterocycles. The highest BCUT2D eigenvalue weighted by Crippen LogP contribution is 2.17. The number of Topliss-reactive ketones (excluding diaryl/α,β-unsaturated/α-hetero) is 1. The first-order valence-corrected chi connectivity index (χ1v) is 5.50. The van der Waals surface area contributed by atoms with Crippen molar-refractivity contribution in [3.05, 3.63) is 29.3 Å². The zero-order valence-electron chi connectivity index (χ0n) is 8.34. The van der Waals surface area contributed by atoms with Gasteiger partial charge in [0, 0.05) is 6.42 Å². The smallest absolute Gasteiger partial charge is 0.147 e. The number of hydrogen-bond acceptors (Lipinski definition) is 2. The minimum atomic E-state index is 0.182. The van der Waals surface area contributed by atoms with Crippen LogP contribution in [0.25, 0.3) is 0 Å². The van der Waals surface area contributed by atoms with Gasteiger partial charge in [0.1, 0.15) is 11.5 Å². The molecule has 1 aromatic rings. The summed E-state index contributed by atoms with van der Waals surface area (Å²) in [5, 5.41) is 0.406. The van der Waals surface area contributed by atoms with Gasteiger partial charge in [0.05, 0.1) is 12.4 Å². The minimum absolute atomic E-state index is 0.182. The van der Waals surface area contributed by atoms with E-state index in [0.717, 1.165) is 16.9 Å². The second-order valence-corrected chi connectivity index (χ2v) is 3.70. The Hall–Kier alpha value is -0.830. The van der Waals surface area contributed by atoms with Crippen molar-refractivity contribution in [2.24, 2.45) is 0 Å². The number of halogens is 1. The van der Waals surface area contributed by atoms with E-state index in [9.17, 15) is 4.79 Å². The van der Waals surface area contributed by atoms with Crippen LogP contribution in [0, 0.1) is 6.92 Å². The third-order valence-electron chi connectivity index (χ3n) is 2.09. The second-order valence-electron chi connectivity index (χ2n) is 3.14. The van der Waals surface area contributed by atoms with Gasteiger partial charge < -0.3 is 4.74 Å². The number of ketones is 1. The number of carbonyl (C=O) groups excluding carboxylic acids is 1. The van der Waals surface area contributed by atoms with E-state index < -0.39 is 0 Å². The van der Waals surface area contributed by atoms with Gasteiger partial charge in [-0.05, 0) is 30.2 Å². The van der Waals surface area contributed by atoms with Crippen molar-refractivity contribution in [1.29, 1.82) is 0 Å². The molecule has 0 unspecified atom stereocenters. The fourth-order valence-corrected chi connectivity index (χ4v) is 1.42. The molecule has 0 aliphatic carbocycles. The highest BCUT2D eigenvalue weighted by molar-refractivity contribution is 9.09. The molecular weight excluding hydrogens is 244 g/mol. The SMILES string of the molecule is COc1ccc(C)c(CC(=O)CBr)c1. The number of alkyl halides is 1. The predicted octanol–water partition coefficient (Wildman–Crippen LogP) is 2.51. The monoisotopic (exact) mass is 256 g/mol. The van der Waals surface area contributed by atoms with Gasteiger partial charge in [0.15, 0.2) is 0 Å². The maximum absolute atomic E-state index is 11.2. The van der Waals surface area contributed by atoms with E-state index in [4.69, 9.17) is 4.74 Å². The Morgan fingerprint density at radius 3 is 2.79 bits per heavy atom. The molecule has 0 saturated carbocycles. The first-order valence-electron chi connectivity index (χ1n) is 4.38. The normalized spacial score (nSPS) is 9.93. The topological polar surface area (TPSA) is 26.3 Å². The van der Waals surface area contributed by atoms with Gasteiger partial charge in [0.25, 0.3) is 0 Å². The molecule has 0 amide bonds. The van der Waals surface area contributed by atoms with Gasteiger partial charge in [-0.15, -0.1) is 0 Å². The van der Waals surface area contributed by atoms with E-state index in [1.165, 1.54) is 0 Å². The number of benzene rings is 1. The van der Waals surface area contributed by atoms with E-state index >= 15 is 0 Å². The number of carbonyl (C=O) groups is 1. The average Bonchev–Trinajstić information content (AvgIpc) is 2.21. The number of rotatable bonds is 4. The zero-order valence-corrected chi connectivity index (χ0v) is 9.93. The average molecular weight is 257 g/mol. The van der Waals surface area contributed by atoms with Crippen LogP contribution in [0.15, 0.2) is 18.2 Å². The van der Waals surface area contributed by atoms with Crippen LogP contribution in [0.3, 0.4) is 0 Å². The molecule has 0 aliphatic rings. The van der Waals surface area contributed by atoms with E-state index in [1.54, 1.807) is 7.11 Å². The number of ether oxygens (including phenoxy) is 1. The molecule has 2 nitrogen and oxygen atoms in total. The van der Waals surface area contributed by atoms with Crippen LogP contribution in [0.5, 0.6) is 5.75 Å². The van der Waals surface area contributed by atoms with Crippen molar-refractivity contribution >= 4 is 21.7 Å². The maximum atomic E-state index is 11.2. The third kappa shape index (κ3) is 2.84. The quantitative estimate of drug-likeness (QED) is 0.775. The second kappa shape index (κ2) is 5.15. The Kier molecular flexibility index (Phi) is 4.14. The minimum Gasteiger partial charge on any atom is -0.497 e. The van der Waals surface area contributed by atoms with Gasteiger partial charge >= 0.3 is 0 Å². The van der Waals surface area contributed by atoms with Crippen LogP contribution in [0.4, 0.5) is 0 Å². The molecule has 0 spiro atoms. The molecule has 76 valence electrons. The van der Waals surface area contributed by atoms with Crippen molar-refractivity contribution in [1.82, 2.24) is 0 Å². The molecule has 0 saturated heterocycles. The first kappa shape index (κ1) is 11.2. The summed E-state index contributed by atoms with van der Waals surface area (Å²) in [6.45, 7) is 2.00. The molecule has 0 aromatic heterocycles. The molecule has 0 bridgehead atoms. The number of hydrogen-bond donors (Lipinski definition) is 0. The lowest BCUT2D eigenvalue weighted by Gasteiger charge is -2.06. The van der Waals surface area contributed by atoms with Crippen molar-refractivity contribution < 1.29 is 9.53 Å². The third-order valence-corrected chi connectivity index (χ3v) is 2.72. The van der Waals surface area contributed by atoms with E-state index in [2.05, 4.69) is 15.9 Å². The summed E-state index contributed by atoms with van der Waals surface area (Å²) in [6.07, 6.45) is 0.467. The Balaban J connectivity index is 2.89. The Bertz CT molecular complexity index is 334. The number of aryl methyl sites for hydroxylation is 1. The molecule has 0 fully saturated rings. The van der Waals surface area contributed by atoms with Crippen LogP contribution in [0.2, 0.25) is 0 Å². The molecule has 0 heterocycles. The lowest BCUT2D eigenvalue weighted by Crippen LogP contribution is -2.05. The van der Waals surface area contributed by atoms with Crippen molar-refractivity contribution in [3.63, 3.8) is 0 Å². The predicted molar refractivity (Wildman–Crippen MR) is 60.2 cm³/mol. The van der Waals surface area contributed by atoms with Crippen LogP contribution in [0.1, 0.15) is 11.1 Å². The summed E-state index contributed by atoms with van der Waals surface area (Å²) in [5.74, 6) is 0.981. The molecule has 0 radical (unpaired) electrons. The van der Waals surface area contributed by atoms with E-state index in [0.29, 0.717) is 11.8 Å². The largest absolute Gasteiger partial charge is 0.497 e. The Morgan fingerprint density at radius 1 is 1.50 bits per heavy atom. The van der Waals surface area contributed by atoms with Gasteiger partial charge in [0.2, 0.25) is 0 Å². The standard InChI is InChI=1S/C11H13BrO2/c1-8-3-4-11(14-2)6-9(8)5-10(13)7-12/h3-4,6H,5,7H2,1-2H3. The molecule has 1 aromatic carbocycles. The van der Waals surface area contributed by atoms with Crippen LogP contribution in [-0.2, 0) is 11.2 Å². The van der Waals surface area contributed by atoms with Gasteiger partial charge in [-0.2, -0.15) is 0 Å². The van der Waals surface area contributed by atoms with Crippen molar-refractivity contribution in [3.8, 4) is 5.75 Å². The summed E-state index contributed by atoms with van der Waals surface area (Å²) in [6, 6.07) is 5.78. The molecular formula is C11H13BrO2. The summed E-state index contributed by atoms with van der Waals surface area (Å²) >= 11 is 3.15. The Labute approximate surface area is 92.4 Å². The highest BCUT2D eigenvalue weighted by Gasteiger charge is 2.05. The summed E-state index contributed by atoms with van der Waals surface area (Å²) in [7, 11) is 1.63. The van der Waals surface area contributed by atoms with Gasteiger partial charge in [-0.1, -0.05) is 22.0 Å². The van der Waals surface area contributed by atoms with Gasteiger partial charge in [-0.3, -0.25) is 4.79 Å². The molecule has 0 atom stereocenters. The van der Waals surface area contributed by atoms with E-state index in [-0.39, 0.29) is 5.78 Å². The molecule has 14 heavy (non-hydrogen) atoms. The van der Waals surface area contributed by atoms with Gasteiger partial charge in [-0.25, -0.2) is 0 Å². The molecule has 3 heteroatoms. The Morgan fingerprint density at radius 2 is 2.21 bits per heavy atom. The zero-order chi connectivity index (χ0) is 10.6. The lowest BCUT2D eigenvalue weighted by atomic mass is 10.0. The number of methoxy groups -OCH3 is 1. The fraction of sp³-hybridized carbons (Fsp3) is 0.364. The van der Waals surface area contributed by atoms with Crippen LogP contribution < -0.4 is 4.74 Å². The summed E-state index contributed by atoms with van der Waals surface area (Å²) < 4.78 is 5.10. The lowest BCUT2D eigenvalue weighted by molar-refractivity contribution is -0.115. The van der Waals surface area contributed by atoms with Crippen LogP contribution >= 0.6 is 15.9 Å². The molecule has 1 rings (SSSR count). The molecule has 0 N–H and O–H groups in total. The highest BCUT2D eigenvalue weighted by atomic mass is 79.9.